The minimum atomic E-state index is -0.256. The molecule has 0 aromatic carbocycles. The quantitative estimate of drug-likeness (QED) is 0.578. The van der Waals surface area contributed by atoms with Gasteiger partial charge in [-0.25, -0.2) is 4.98 Å². The summed E-state index contributed by atoms with van der Waals surface area (Å²) in [5.74, 6) is 0.503. The zero-order chi connectivity index (χ0) is 21.5. The first-order chi connectivity index (χ1) is 14.4. The van der Waals surface area contributed by atoms with E-state index in [0.717, 1.165) is 15.7 Å². The largest absolute Gasteiger partial charge is 0.368 e. The molecule has 9 heteroatoms. The number of aromatic nitrogens is 2. The molecule has 1 saturated heterocycles. The first-order valence-corrected chi connectivity index (χ1v) is 11.9. The highest BCUT2D eigenvalue weighted by molar-refractivity contribution is 8.01. The Kier molecular flexibility index (Phi) is 8.24. The number of rotatable bonds is 8. The first kappa shape index (κ1) is 22.7. The smallest absolute Gasteiger partial charge is 0.242 e. The molecule has 1 atom stereocenters. The van der Waals surface area contributed by atoms with Gasteiger partial charge in [-0.2, -0.15) is 0 Å². The Balaban J connectivity index is 1.65. The lowest BCUT2D eigenvalue weighted by atomic mass is 10.2. The molecular formula is C21H28N4O3S2. The van der Waals surface area contributed by atoms with Gasteiger partial charge in [0.2, 0.25) is 11.8 Å². The number of thioether (sulfide) groups is 1. The highest BCUT2D eigenvalue weighted by atomic mass is 32.2. The van der Waals surface area contributed by atoms with Gasteiger partial charge in [0.05, 0.1) is 30.7 Å². The van der Waals surface area contributed by atoms with Crippen molar-refractivity contribution < 1.29 is 14.3 Å². The number of thiazole rings is 1. The fraction of sp³-hybridized carbons (Fsp3) is 0.524. The maximum absolute atomic E-state index is 12.9. The van der Waals surface area contributed by atoms with Crippen LogP contribution in [-0.4, -0.2) is 69.6 Å². The number of nitrogens with zero attached hydrogens (tertiary/aromatic N) is 4. The normalized spacial score (nSPS) is 17.5. The predicted molar refractivity (Wildman–Crippen MR) is 118 cm³/mol. The molecule has 7 nitrogen and oxygen atoms in total. The van der Waals surface area contributed by atoms with Crippen molar-refractivity contribution in [3.8, 4) is 0 Å². The van der Waals surface area contributed by atoms with Crippen LogP contribution in [0.1, 0.15) is 25.2 Å². The van der Waals surface area contributed by atoms with Crippen molar-refractivity contribution in [2.75, 3.05) is 31.9 Å². The van der Waals surface area contributed by atoms with Crippen molar-refractivity contribution in [1.82, 2.24) is 19.8 Å². The van der Waals surface area contributed by atoms with Gasteiger partial charge in [0.1, 0.15) is 0 Å². The van der Waals surface area contributed by atoms with Gasteiger partial charge in [-0.05, 0) is 25.0 Å². The van der Waals surface area contributed by atoms with Gasteiger partial charge in [0, 0.05) is 36.9 Å². The molecule has 1 aliphatic heterocycles. The van der Waals surface area contributed by atoms with Crippen molar-refractivity contribution in [3.63, 3.8) is 0 Å². The standard InChI is InChI=1S/C21H28N4O3S2/c1-15(2)8-24-9-18(28-12-17-6-4-5-7-22-17)10-25(11-19(24)26)20(27)14-30-21-23-16(3)13-29-21/h4-7,13,15,18H,8-12,14H2,1-3H3. The lowest BCUT2D eigenvalue weighted by molar-refractivity contribution is -0.137. The van der Waals surface area contributed by atoms with E-state index < -0.39 is 0 Å². The van der Waals surface area contributed by atoms with Crippen LogP contribution < -0.4 is 0 Å². The Morgan fingerprint density at radius 1 is 1.37 bits per heavy atom. The Labute approximate surface area is 185 Å². The van der Waals surface area contributed by atoms with Crippen LogP contribution in [0.2, 0.25) is 0 Å². The van der Waals surface area contributed by atoms with E-state index in [9.17, 15) is 9.59 Å². The van der Waals surface area contributed by atoms with E-state index in [1.54, 1.807) is 11.1 Å². The molecule has 162 valence electrons. The molecule has 0 saturated carbocycles. The number of ether oxygens (including phenoxy) is 1. The van der Waals surface area contributed by atoms with E-state index in [1.165, 1.54) is 23.1 Å². The molecule has 30 heavy (non-hydrogen) atoms. The number of amides is 2. The van der Waals surface area contributed by atoms with Gasteiger partial charge in [-0.3, -0.25) is 14.6 Å². The molecule has 0 aliphatic carbocycles. The summed E-state index contributed by atoms with van der Waals surface area (Å²) in [4.78, 5) is 37.8. The SMILES string of the molecule is Cc1csc(SCC(=O)N2CC(=O)N(CC(C)C)CC(OCc3ccccn3)C2)n1. The van der Waals surface area contributed by atoms with Gasteiger partial charge in [0.25, 0.3) is 0 Å². The van der Waals surface area contributed by atoms with Gasteiger partial charge in [0.15, 0.2) is 4.34 Å². The molecule has 1 aliphatic rings. The van der Waals surface area contributed by atoms with Crippen LogP contribution in [0.3, 0.4) is 0 Å². The summed E-state index contributed by atoms with van der Waals surface area (Å²) in [7, 11) is 0. The Hall–Kier alpha value is -1.97. The van der Waals surface area contributed by atoms with Crippen molar-refractivity contribution in [2.45, 2.75) is 37.8 Å². The maximum Gasteiger partial charge on any atom is 0.242 e. The Bertz CT molecular complexity index is 844. The van der Waals surface area contributed by atoms with Crippen LogP contribution >= 0.6 is 23.1 Å². The second kappa shape index (κ2) is 10.9. The number of carbonyl (C=O) groups is 2. The number of hydrogen-bond acceptors (Lipinski definition) is 7. The van der Waals surface area contributed by atoms with Gasteiger partial charge >= 0.3 is 0 Å². The molecule has 0 bridgehead atoms. The molecule has 1 fully saturated rings. The molecular weight excluding hydrogens is 420 g/mol. The maximum atomic E-state index is 12.9. The van der Waals surface area contributed by atoms with Crippen molar-refractivity contribution in [3.05, 3.63) is 41.2 Å². The third kappa shape index (κ3) is 6.78. The summed E-state index contributed by atoms with van der Waals surface area (Å²) in [6.07, 6.45) is 1.47. The van der Waals surface area contributed by atoms with Crippen molar-refractivity contribution in [2.24, 2.45) is 5.92 Å². The average Bonchev–Trinajstić information content (AvgIpc) is 3.07. The Morgan fingerprint density at radius 2 is 2.20 bits per heavy atom. The van der Waals surface area contributed by atoms with Crippen molar-refractivity contribution in [1.29, 1.82) is 0 Å². The second-order valence-corrected chi connectivity index (χ2v) is 9.84. The molecule has 2 aromatic rings. The summed E-state index contributed by atoms with van der Waals surface area (Å²) in [5, 5.41) is 1.97. The van der Waals surface area contributed by atoms with Crippen LogP contribution in [0.15, 0.2) is 34.1 Å². The van der Waals surface area contributed by atoms with E-state index in [0.29, 0.717) is 32.2 Å². The van der Waals surface area contributed by atoms with Crippen LogP contribution in [0.4, 0.5) is 0 Å². The fourth-order valence-electron chi connectivity index (χ4n) is 3.19. The van der Waals surface area contributed by atoms with Gasteiger partial charge < -0.3 is 14.5 Å². The lowest BCUT2D eigenvalue weighted by Crippen LogP contribution is -2.41. The number of hydrogen-bond donors (Lipinski definition) is 0. The van der Waals surface area contributed by atoms with E-state index in [1.807, 2.05) is 35.4 Å². The molecule has 2 amide bonds. The van der Waals surface area contributed by atoms with Gasteiger partial charge in [-0.1, -0.05) is 31.7 Å². The molecule has 0 radical (unpaired) electrons. The third-order valence-corrected chi connectivity index (χ3v) is 6.70. The topological polar surface area (TPSA) is 75.6 Å². The van der Waals surface area contributed by atoms with E-state index in [2.05, 4.69) is 23.8 Å². The van der Waals surface area contributed by atoms with E-state index >= 15 is 0 Å². The van der Waals surface area contributed by atoms with Crippen molar-refractivity contribution >= 4 is 34.9 Å². The third-order valence-electron chi connectivity index (χ3n) is 4.58. The summed E-state index contributed by atoms with van der Waals surface area (Å²) < 4.78 is 6.96. The highest BCUT2D eigenvalue weighted by Crippen LogP contribution is 2.23. The number of aryl methyl sites for hydroxylation is 1. The zero-order valence-electron chi connectivity index (χ0n) is 17.6. The summed E-state index contributed by atoms with van der Waals surface area (Å²) in [6.45, 7) is 8.06. The minimum absolute atomic E-state index is 0.0314. The predicted octanol–water partition coefficient (Wildman–Crippen LogP) is 2.85. The molecule has 1 unspecified atom stereocenters. The van der Waals surface area contributed by atoms with E-state index in [-0.39, 0.29) is 30.2 Å². The summed E-state index contributed by atoms with van der Waals surface area (Å²) in [5.41, 5.74) is 1.78. The number of carbonyl (C=O) groups excluding carboxylic acids is 2. The second-order valence-electron chi connectivity index (χ2n) is 7.76. The van der Waals surface area contributed by atoms with Crippen LogP contribution in [-0.2, 0) is 20.9 Å². The average molecular weight is 449 g/mol. The molecule has 3 rings (SSSR count). The van der Waals surface area contributed by atoms with Crippen LogP contribution in [0.25, 0.3) is 0 Å². The van der Waals surface area contributed by atoms with Gasteiger partial charge in [-0.15, -0.1) is 11.3 Å². The molecule has 3 heterocycles. The van der Waals surface area contributed by atoms with E-state index in [4.69, 9.17) is 4.74 Å². The van der Waals surface area contributed by atoms with Crippen LogP contribution in [0, 0.1) is 12.8 Å². The first-order valence-electron chi connectivity index (χ1n) is 10.0. The lowest BCUT2D eigenvalue weighted by Gasteiger charge is -2.25. The molecule has 0 spiro atoms. The molecule has 0 N–H and O–H groups in total. The van der Waals surface area contributed by atoms with Crippen LogP contribution in [0.5, 0.6) is 0 Å². The summed E-state index contributed by atoms with van der Waals surface area (Å²) >= 11 is 2.95. The highest BCUT2D eigenvalue weighted by Gasteiger charge is 2.31. The minimum Gasteiger partial charge on any atom is -0.368 e. The molecule has 2 aromatic heterocycles. The number of pyridine rings is 1. The summed E-state index contributed by atoms with van der Waals surface area (Å²) in [6, 6.07) is 5.68. The zero-order valence-corrected chi connectivity index (χ0v) is 19.2. The Morgan fingerprint density at radius 3 is 2.87 bits per heavy atom. The monoisotopic (exact) mass is 448 g/mol. The fourth-order valence-corrected chi connectivity index (χ4v) is 4.94.